The minimum Gasteiger partial charge on any atom is -1.00 e. The van der Waals surface area contributed by atoms with E-state index in [1.807, 2.05) is 0 Å². The zero-order chi connectivity index (χ0) is 0. The maximum Gasteiger partial charge on any atom is 3.00 e. The van der Waals surface area contributed by atoms with Crippen molar-refractivity contribution in [3.8, 4) is 0 Å². The summed E-state index contributed by atoms with van der Waals surface area (Å²) in [6.45, 7) is 0. The van der Waals surface area contributed by atoms with Gasteiger partial charge >= 0.3 is 34.1 Å². The summed E-state index contributed by atoms with van der Waals surface area (Å²) >= 11 is 0. The molecule has 0 spiro atoms. The van der Waals surface area contributed by atoms with Crippen molar-refractivity contribution in [2.75, 3.05) is 0 Å². The molecule has 0 rings (SSSR count). The van der Waals surface area contributed by atoms with Crippen molar-refractivity contribution >= 4 is 0 Å². The molecule has 0 saturated carbocycles. The van der Waals surface area contributed by atoms with Crippen molar-refractivity contribution in [1.82, 2.24) is 0 Å². The first-order chi connectivity index (χ1) is 0. The van der Waals surface area contributed by atoms with E-state index >= 15 is 0 Å². The Morgan fingerprint density at radius 1 is 0.429 bits per heavy atom. The largest absolute Gasteiger partial charge is 3.00 e. The van der Waals surface area contributed by atoms with Gasteiger partial charge in [-0.05, 0) is 0 Å². The summed E-state index contributed by atoms with van der Waals surface area (Å²) in [6.07, 6.45) is 0. The molecule has 0 aromatic rings. The van der Waals surface area contributed by atoms with Crippen LogP contribution < -0.4 is 62.0 Å². The molecular formula is Cl5Fe2. The second kappa shape index (κ2) is 76.9. The second-order valence-electron chi connectivity index (χ2n) is 0. The van der Waals surface area contributed by atoms with Crippen LogP contribution in [0.25, 0.3) is 0 Å². The zero-order valence-electron chi connectivity index (χ0n) is 2.60. The van der Waals surface area contributed by atoms with E-state index in [4.69, 9.17) is 0 Å². The van der Waals surface area contributed by atoms with Crippen molar-refractivity contribution in [3.05, 3.63) is 0 Å². The van der Waals surface area contributed by atoms with Gasteiger partial charge in [-0.15, -0.1) is 0 Å². The maximum atomic E-state index is 0. The van der Waals surface area contributed by atoms with Gasteiger partial charge in [0.2, 0.25) is 0 Å². The molecule has 0 nitrogen and oxygen atoms in total. The quantitative estimate of drug-likeness (QED) is 0.389. The Bertz CT molecular complexity index is 6.04. The number of halogens is 5. The van der Waals surface area contributed by atoms with E-state index in [2.05, 4.69) is 0 Å². The minimum absolute atomic E-state index is 0. The average Bonchev–Trinajstić information content (AvgIpc) is 0. The fraction of sp³-hybridized carbons (Fsp3) is 0. The van der Waals surface area contributed by atoms with Crippen molar-refractivity contribution in [2.24, 2.45) is 0 Å². The van der Waals surface area contributed by atoms with Gasteiger partial charge in [-0.1, -0.05) is 0 Å². The first-order valence-corrected chi connectivity index (χ1v) is 0. The van der Waals surface area contributed by atoms with Gasteiger partial charge in [-0.25, -0.2) is 0 Å². The minimum atomic E-state index is 0. The van der Waals surface area contributed by atoms with Crippen LogP contribution in [0, 0.1) is 0 Å². The van der Waals surface area contributed by atoms with Crippen LogP contribution in [-0.4, -0.2) is 0 Å². The van der Waals surface area contributed by atoms with E-state index in [0.29, 0.717) is 0 Å². The first-order valence-electron chi connectivity index (χ1n) is 0. The molecule has 0 heterocycles. The molecular weight excluding hydrogens is 289 g/mol. The summed E-state index contributed by atoms with van der Waals surface area (Å²) in [5.41, 5.74) is 0. The third-order valence-corrected chi connectivity index (χ3v) is 0. The van der Waals surface area contributed by atoms with E-state index in [1.165, 1.54) is 0 Å². The van der Waals surface area contributed by atoms with Crippen LogP contribution in [0.4, 0.5) is 0 Å². The predicted octanol–water partition coefficient (Wildman–Crippen LogP) is -15.0. The summed E-state index contributed by atoms with van der Waals surface area (Å²) in [6, 6.07) is 0. The number of rotatable bonds is 0. The van der Waals surface area contributed by atoms with Gasteiger partial charge in [-0.3, -0.25) is 0 Å². The molecule has 0 aromatic carbocycles. The maximum absolute atomic E-state index is 0. The molecule has 0 amide bonds. The van der Waals surface area contributed by atoms with E-state index in [0.717, 1.165) is 0 Å². The van der Waals surface area contributed by atoms with Crippen LogP contribution in [0.3, 0.4) is 0 Å². The molecule has 0 aliphatic heterocycles. The monoisotopic (exact) mass is 287 g/mol. The summed E-state index contributed by atoms with van der Waals surface area (Å²) in [5, 5.41) is 0. The molecule has 0 aromatic heterocycles. The van der Waals surface area contributed by atoms with Gasteiger partial charge in [0.15, 0.2) is 0 Å². The standard InChI is InChI=1S/5ClH.2Fe/h5*1H;;/q;;;;;+2;+3/p-5. The fourth-order valence-corrected chi connectivity index (χ4v) is 0. The summed E-state index contributed by atoms with van der Waals surface area (Å²) < 4.78 is 0. The fourth-order valence-electron chi connectivity index (χ4n) is 0. The van der Waals surface area contributed by atoms with Crippen LogP contribution in [-0.2, 0) is 34.1 Å². The number of hydrogen-bond donors (Lipinski definition) is 0. The molecule has 7 heavy (non-hydrogen) atoms. The topological polar surface area (TPSA) is 0 Å². The Labute approximate surface area is 95.3 Å². The molecule has 0 unspecified atom stereocenters. The molecule has 0 aliphatic carbocycles. The van der Waals surface area contributed by atoms with Crippen molar-refractivity contribution < 1.29 is 96.2 Å². The molecule has 0 aliphatic rings. The Hall–Kier alpha value is 2.49. The summed E-state index contributed by atoms with van der Waals surface area (Å²) in [5.74, 6) is 0. The van der Waals surface area contributed by atoms with Crippen LogP contribution in [0.5, 0.6) is 0 Å². The second-order valence-corrected chi connectivity index (χ2v) is 0. The predicted molar refractivity (Wildman–Crippen MR) is 0 cm³/mol. The van der Waals surface area contributed by atoms with Crippen LogP contribution in [0.1, 0.15) is 0 Å². The van der Waals surface area contributed by atoms with Crippen molar-refractivity contribution in [1.29, 1.82) is 0 Å². The van der Waals surface area contributed by atoms with Crippen LogP contribution >= 0.6 is 0 Å². The molecule has 7 heteroatoms. The molecule has 0 saturated heterocycles. The third-order valence-electron chi connectivity index (χ3n) is 0. The smallest absolute Gasteiger partial charge is 1.00 e. The average molecular weight is 289 g/mol. The van der Waals surface area contributed by atoms with Crippen molar-refractivity contribution in [3.63, 3.8) is 0 Å². The van der Waals surface area contributed by atoms with Gasteiger partial charge in [-0.2, -0.15) is 0 Å². The van der Waals surface area contributed by atoms with E-state index in [1.54, 1.807) is 0 Å². The summed E-state index contributed by atoms with van der Waals surface area (Å²) in [4.78, 5) is 0. The third kappa shape index (κ3) is 57.7. The van der Waals surface area contributed by atoms with Crippen LogP contribution in [0.15, 0.2) is 0 Å². The Kier molecular flexibility index (Phi) is 1210. The number of hydrogen-bond acceptors (Lipinski definition) is 0. The Morgan fingerprint density at radius 3 is 0.429 bits per heavy atom. The van der Waals surface area contributed by atoms with Gasteiger partial charge in [0, 0.05) is 0 Å². The van der Waals surface area contributed by atoms with Gasteiger partial charge < -0.3 is 62.0 Å². The first kappa shape index (κ1) is 110. The van der Waals surface area contributed by atoms with Gasteiger partial charge in [0.1, 0.15) is 0 Å². The molecule has 0 atom stereocenters. The van der Waals surface area contributed by atoms with Gasteiger partial charge in [0.25, 0.3) is 0 Å². The molecule has 0 bridgehead atoms. The molecule has 0 fully saturated rings. The zero-order valence-corrected chi connectivity index (χ0v) is 8.58. The molecule has 1 radical (unpaired) electrons. The Balaban J connectivity index is 0. The van der Waals surface area contributed by atoms with E-state index < -0.39 is 0 Å². The van der Waals surface area contributed by atoms with Crippen LogP contribution in [0.2, 0.25) is 0 Å². The SMILES string of the molecule is [Cl-].[Cl-].[Cl-].[Cl-].[Cl-].[Fe+2].[Fe+3]. The van der Waals surface area contributed by atoms with E-state index in [-0.39, 0.29) is 96.2 Å². The van der Waals surface area contributed by atoms with E-state index in [9.17, 15) is 0 Å². The van der Waals surface area contributed by atoms with Gasteiger partial charge in [0.05, 0.1) is 0 Å². The molecule has 51 valence electrons. The Morgan fingerprint density at radius 2 is 0.429 bits per heavy atom. The molecule has 0 N–H and O–H groups in total. The van der Waals surface area contributed by atoms with Crippen molar-refractivity contribution in [2.45, 2.75) is 0 Å². The normalized spacial score (nSPS) is 0. The summed E-state index contributed by atoms with van der Waals surface area (Å²) in [7, 11) is 0.